The van der Waals surface area contributed by atoms with Gasteiger partial charge in [0, 0.05) is 24.6 Å². The van der Waals surface area contributed by atoms with E-state index in [0.29, 0.717) is 13.0 Å². The van der Waals surface area contributed by atoms with Crippen LogP contribution >= 0.6 is 0 Å². The highest BCUT2D eigenvalue weighted by atomic mass is 16.5. The Balaban J connectivity index is 1.42. The molecule has 0 amide bonds. The number of aliphatic hydroxyl groups is 1. The van der Waals surface area contributed by atoms with E-state index >= 15 is 0 Å². The summed E-state index contributed by atoms with van der Waals surface area (Å²) in [7, 11) is 0. The second-order valence-electron chi connectivity index (χ2n) is 8.13. The lowest BCUT2D eigenvalue weighted by molar-refractivity contribution is -0.0378. The molecule has 1 heterocycles. The number of aryl methyl sites for hydroxylation is 2. The number of rotatable bonds is 5. The van der Waals surface area contributed by atoms with E-state index in [1.165, 1.54) is 28.7 Å². The van der Waals surface area contributed by atoms with E-state index < -0.39 is 0 Å². The van der Waals surface area contributed by atoms with Crippen LogP contribution in [0.25, 0.3) is 0 Å². The van der Waals surface area contributed by atoms with Gasteiger partial charge in [-0.25, -0.2) is 0 Å². The molecule has 2 aromatic carbocycles. The summed E-state index contributed by atoms with van der Waals surface area (Å²) in [6.07, 6.45) is 4.85. The lowest BCUT2D eigenvalue weighted by atomic mass is 9.73. The third-order valence-corrected chi connectivity index (χ3v) is 6.02. The average molecular weight is 351 g/mol. The summed E-state index contributed by atoms with van der Waals surface area (Å²) in [4.78, 5) is 0. The SMILES string of the molecule is Cc1ccc(CC(O)CNC2CC3(CCC3)Oc3ccccc32)c(C)c1. The van der Waals surface area contributed by atoms with Crippen molar-refractivity contribution >= 4 is 0 Å². The van der Waals surface area contributed by atoms with Crippen LogP contribution in [-0.4, -0.2) is 23.4 Å². The molecular weight excluding hydrogens is 322 g/mol. The Labute approximate surface area is 156 Å². The number of aliphatic hydroxyl groups excluding tert-OH is 1. The molecule has 2 unspecified atom stereocenters. The van der Waals surface area contributed by atoms with Crippen molar-refractivity contribution in [2.45, 2.75) is 63.7 Å². The molecule has 1 fully saturated rings. The van der Waals surface area contributed by atoms with Gasteiger partial charge in [-0.15, -0.1) is 0 Å². The van der Waals surface area contributed by atoms with Crippen LogP contribution in [0.2, 0.25) is 0 Å². The molecule has 138 valence electrons. The van der Waals surface area contributed by atoms with Crippen LogP contribution in [0, 0.1) is 13.8 Å². The zero-order valence-electron chi connectivity index (χ0n) is 15.8. The molecule has 0 aromatic heterocycles. The van der Waals surface area contributed by atoms with Crippen molar-refractivity contribution in [3.63, 3.8) is 0 Å². The van der Waals surface area contributed by atoms with Gasteiger partial charge in [-0.1, -0.05) is 42.0 Å². The number of ether oxygens (including phenoxy) is 1. The first kappa shape index (κ1) is 17.6. The van der Waals surface area contributed by atoms with E-state index in [-0.39, 0.29) is 17.7 Å². The number of fused-ring (bicyclic) bond motifs is 1. The molecule has 1 saturated carbocycles. The summed E-state index contributed by atoms with van der Waals surface area (Å²) in [5, 5.41) is 14.2. The molecule has 0 radical (unpaired) electrons. The summed E-state index contributed by atoms with van der Waals surface area (Å²) in [6.45, 7) is 4.83. The molecule has 2 aliphatic rings. The Bertz CT molecular complexity index is 782. The molecule has 4 rings (SSSR count). The third-order valence-electron chi connectivity index (χ3n) is 6.02. The maximum absolute atomic E-state index is 10.6. The van der Waals surface area contributed by atoms with Gasteiger partial charge in [0.1, 0.15) is 11.4 Å². The van der Waals surface area contributed by atoms with Crippen molar-refractivity contribution in [1.29, 1.82) is 0 Å². The van der Waals surface area contributed by atoms with Crippen LogP contribution in [-0.2, 0) is 6.42 Å². The third kappa shape index (κ3) is 3.51. The van der Waals surface area contributed by atoms with Gasteiger partial charge in [0.25, 0.3) is 0 Å². The first-order chi connectivity index (χ1) is 12.5. The fourth-order valence-corrected chi connectivity index (χ4v) is 4.36. The van der Waals surface area contributed by atoms with Crippen LogP contribution in [0.1, 0.15) is 54.0 Å². The van der Waals surface area contributed by atoms with E-state index in [1.54, 1.807) is 0 Å². The first-order valence-corrected chi connectivity index (χ1v) is 9.80. The van der Waals surface area contributed by atoms with Crippen molar-refractivity contribution in [2.24, 2.45) is 0 Å². The zero-order chi connectivity index (χ0) is 18.1. The number of hydrogen-bond acceptors (Lipinski definition) is 3. The molecule has 3 nitrogen and oxygen atoms in total. The number of hydrogen-bond donors (Lipinski definition) is 2. The average Bonchev–Trinajstić information content (AvgIpc) is 2.60. The minimum atomic E-state index is -0.385. The quantitative estimate of drug-likeness (QED) is 0.846. The molecule has 26 heavy (non-hydrogen) atoms. The Morgan fingerprint density at radius 3 is 2.73 bits per heavy atom. The summed E-state index contributed by atoms with van der Waals surface area (Å²) in [5.74, 6) is 1.01. The highest BCUT2D eigenvalue weighted by Gasteiger charge is 2.45. The van der Waals surface area contributed by atoms with Crippen molar-refractivity contribution in [2.75, 3.05) is 6.54 Å². The summed E-state index contributed by atoms with van der Waals surface area (Å²) in [6, 6.07) is 15.0. The standard InChI is InChI=1S/C23H29NO2/c1-16-8-9-18(17(2)12-16)13-19(25)15-24-21-14-23(10-5-11-23)26-22-7-4-3-6-20(21)22/h3-4,6-9,12,19,21,24-25H,5,10-11,13-15H2,1-2H3. The maximum Gasteiger partial charge on any atom is 0.124 e. The van der Waals surface area contributed by atoms with E-state index in [4.69, 9.17) is 4.74 Å². The van der Waals surface area contributed by atoms with Crippen LogP contribution < -0.4 is 10.1 Å². The van der Waals surface area contributed by atoms with Crippen molar-refractivity contribution in [3.05, 3.63) is 64.7 Å². The number of nitrogens with one attached hydrogen (secondary N) is 1. The van der Waals surface area contributed by atoms with Gasteiger partial charge in [0.15, 0.2) is 0 Å². The fourth-order valence-electron chi connectivity index (χ4n) is 4.36. The highest BCUT2D eigenvalue weighted by Crippen LogP contribution is 2.48. The van der Waals surface area contributed by atoms with Crippen molar-refractivity contribution < 1.29 is 9.84 Å². The Kier molecular flexibility index (Phi) is 4.76. The summed E-state index contributed by atoms with van der Waals surface area (Å²) >= 11 is 0. The number of benzene rings is 2. The predicted octanol–water partition coefficient (Wildman–Crippen LogP) is 4.24. The predicted molar refractivity (Wildman–Crippen MR) is 105 cm³/mol. The van der Waals surface area contributed by atoms with Crippen LogP contribution in [0.3, 0.4) is 0 Å². The van der Waals surface area contributed by atoms with Gasteiger partial charge in [-0.05, 0) is 56.7 Å². The smallest absolute Gasteiger partial charge is 0.124 e. The lowest BCUT2D eigenvalue weighted by Gasteiger charge is -2.48. The Morgan fingerprint density at radius 1 is 1.19 bits per heavy atom. The molecule has 2 atom stereocenters. The normalized spacial score (nSPS) is 21.6. The fraction of sp³-hybridized carbons (Fsp3) is 0.478. The van der Waals surface area contributed by atoms with Crippen LogP contribution in [0.15, 0.2) is 42.5 Å². The lowest BCUT2D eigenvalue weighted by Crippen LogP contribution is -2.49. The van der Waals surface area contributed by atoms with Crippen molar-refractivity contribution in [1.82, 2.24) is 5.32 Å². The van der Waals surface area contributed by atoms with Gasteiger partial charge < -0.3 is 15.2 Å². The molecule has 2 aromatic rings. The molecule has 2 N–H and O–H groups in total. The first-order valence-electron chi connectivity index (χ1n) is 9.80. The van der Waals surface area contributed by atoms with Gasteiger partial charge in [-0.2, -0.15) is 0 Å². The molecule has 1 spiro atoms. The summed E-state index contributed by atoms with van der Waals surface area (Å²) in [5.41, 5.74) is 5.00. The summed E-state index contributed by atoms with van der Waals surface area (Å²) < 4.78 is 6.31. The van der Waals surface area contributed by atoms with Gasteiger partial charge in [0.2, 0.25) is 0 Å². The zero-order valence-corrected chi connectivity index (χ0v) is 15.8. The van der Waals surface area contributed by atoms with E-state index in [1.807, 2.05) is 6.07 Å². The largest absolute Gasteiger partial charge is 0.487 e. The van der Waals surface area contributed by atoms with E-state index in [0.717, 1.165) is 25.0 Å². The topological polar surface area (TPSA) is 41.5 Å². The van der Waals surface area contributed by atoms with Gasteiger partial charge >= 0.3 is 0 Å². The molecule has 1 aliphatic heterocycles. The Morgan fingerprint density at radius 2 is 2.00 bits per heavy atom. The minimum absolute atomic E-state index is 0.0184. The number of para-hydroxylation sites is 1. The molecule has 3 heteroatoms. The van der Waals surface area contributed by atoms with Crippen LogP contribution in [0.5, 0.6) is 5.75 Å². The van der Waals surface area contributed by atoms with Gasteiger partial charge in [0.05, 0.1) is 6.10 Å². The second-order valence-corrected chi connectivity index (χ2v) is 8.13. The molecular formula is C23H29NO2. The van der Waals surface area contributed by atoms with E-state index in [2.05, 4.69) is 55.6 Å². The molecule has 0 bridgehead atoms. The maximum atomic E-state index is 10.6. The Hall–Kier alpha value is -1.84. The minimum Gasteiger partial charge on any atom is -0.487 e. The van der Waals surface area contributed by atoms with Crippen molar-refractivity contribution in [3.8, 4) is 5.75 Å². The highest BCUT2D eigenvalue weighted by molar-refractivity contribution is 5.39. The second kappa shape index (κ2) is 7.05. The monoisotopic (exact) mass is 351 g/mol. The molecule has 0 saturated heterocycles. The van der Waals surface area contributed by atoms with Gasteiger partial charge in [-0.3, -0.25) is 0 Å². The van der Waals surface area contributed by atoms with Crippen LogP contribution in [0.4, 0.5) is 0 Å². The van der Waals surface area contributed by atoms with E-state index in [9.17, 15) is 5.11 Å². The molecule has 1 aliphatic carbocycles.